The Labute approximate surface area is 207 Å². The topological polar surface area (TPSA) is 102 Å². The second-order valence-electron chi connectivity index (χ2n) is 7.30. The van der Waals surface area contributed by atoms with Crippen molar-refractivity contribution in [1.82, 2.24) is 15.3 Å². The molecule has 0 unspecified atom stereocenters. The Bertz CT molecular complexity index is 1180. The molecule has 34 heavy (non-hydrogen) atoms. The molecule has 2 N–H and O–H groups in total. The molecule has 3 rings (SSSR count). The zero-order chi connectivity index (χ0) is 24.5. The van der Waals surface area contributed by atoms with Crippen LogP contribution in [0, 0.1) is 0 Å². The number of rotatable bonds is 10. The second kappa shape index (κ2) is 12.2. The van der Waals surface area contributed by atoms with E-state index in [2.05, 4.69) is 20.6 Å². The van der Waals surface area contributed by atoms with Gasteiger partial charge >= 0.3 is 0 Å². The summed E-state index contributed by atoms with van der Waals surface area (Å²) in [4.78, 5) is 32.8. The summed E-state index contributed by atoms with van der Waals surface area (Å²) in [6, 6.07) is 8.12. The van der Waals surface area contributed by atoms with Crippen molar-refractivity contribution in [2.24, 2.45) is 0 Å². The third-order valence-corrected chi connectivity index (χ3v) is 5.45. The number of carbonyl (C=O) groups excluding carboxylic acids is 2. The lowest BCUT2D eigenvalue weighted by Crippen LogP contribution is -2.31. The highest BCUT2D eigenvalue weighted by molar-refractivity contribution is 7.14. The van der Waals surface area contributed by atoms with Crippen LogP contribution in [0.3, 0.4) is 0 Å². The van der Waals surface area contributed by atoms with Gasteiger partial charge in [0.15, 0.2) is 0 Å². The van der Waals surface area contributed by atoms with Crippen LogP contribution >= 0.6 is 22.9 Å². The number of hydrogen-bond donors (Lipinski definition) is 2. The smallest absolute Gasteiger partial charge is 0.279 e. The Hall–Kier alpha value is -3.43. The minimum atomic E-state index is -0.277. The summed E-state index contributed by atoms with van der Waals surface area (Å²) in [5.41, 5.74) is 0.399. The van der Waals surface area contributed by atoms with E-state index in [1.54, 1.807) is 30.5 Å². The molecular weight excluding hydrogens is 476 g/mol. The van der Waals surface area contributed by atoms with Crippen LogP contribution in [0.1, 0.15) is 42.4 Å². The lowest BCUT2D eigenvalue weighted by molar-refractivity contribution is -0.114. The highest BCUT2D eigenvalue weighted by atomic mass is 35.5. The lowest BCUT2D eigenvalue weighted by atomic mass is 10.2. The average molecular weight is 501 g/mol. The molecule has 0 radical (unpaired) electrons. The maximum Gasteiger partial charge on any atom is 0.279 e. The molecule has 0 aliphatic heterocycles. The fourth-order valence-corrected chi connectivity index (χ4v) is 3.66. The van der Waals surface area contributed by atoms with Gasteiger partial charge in [0.05, 0.1) is 16.5 Å². The number of anilines is 1. The van der Waals surface area contributed by atoms with E-state index >= 15 is 0 Å². The first-order chi connectivity index (χ1) is 16.3. The van der Waals surface area contributed by atoms with Crippen LogP contribution in [-0.2, 0) is 4.79 Å². The predicted molar refractivity (Wildman–Crippen MR) is 134 cm³/mol. The maximum absolute atomic E-state index is 12.5. The summed E-state index contributed by atoms with van der Waals surface area (Å²) >= 11 is 7.64. The van der Waals surface area contributed by atoms with Crippen molar-refractivity contribution in [2.75, 3.05) is 11.9 Å². The van der Waals surface area contributed by atoms with Gasteiger partial charge in [-0.25, -0.2) is 9.97 Å². The fraction of sp³-hybridized carbons (Fsp3) is 0.250. The molecule has 0 saturated heterocycles. The highest BCUT2D eigenvalue weighted by Crippen LogP contribution is 2.34. The molecule has 3 aromatic rings. The zero-order valence-corrected chi connectivity index (χ0v) is 20.6. The van der Waals surface area contributed by atoms with Gasteiger partial charge in [-0.1, -0.05) is 35.9 Å². The van der Waals surface area contributed by atoms with E-state index in [-0.39, 0.29) is 17.9 Å². The van der Waals surface area contributed by atoms with Gasteiger partial charge in [-0.2, -0.15) is 0 Å². The predicted octanol–water partition coefficient (Wildman–Crippen LogP) is 5.56. The van der Waals surface area contributed by atoms with Crippen molar-refractivity contribution in [3.8, 4) is 16.7 Å². The van der Waals surface area contributed by atoms with E-state index in [0.717, 1.165) is 11.3 Å². The second-order valence-corrected chi connectivity index (χ2v) is 8.74. The summed E-state index contributed by atoms with van der Waals surface area (Å²) in [6.45, 7) is 5.89. The van der Waals surface area contributed by atoms with Crippen LogP contribution in [0.4, 0.5) is 5.82 Å². The average Bonchev–Trinajstić information content (AvgIpc) is 3.25. The van der Waals surface area contributed by atoms with Crippen LogP contribution in [0.5, 0.6) is 16.7 Å². The molecule has 0 saturated carbocycles. The minimum Gasteiger partial charge on any atom is -0.494 e. The van der Waals surface area contributed by atoms with Crippen LogP contribution in [0.25, 0.3) is 6.08 Å². The van der Waals surface area contributed by atoms with Crippen molar-refractivity contribution in [3.05, 3.63) is 64.3 Å². The molecule has 10 heteroatoms. The van der Waals surface area contributed by atoms with Crippen molar-refractivity contribution in [2.45, 2.75) is 33.2 Å². The zero-order valence-electron chi connectivity index (χ0n) is 19.0. The van der Waals surface area contributed by atoms with Crippen molar-refractivity contribution in [3.63, 3.8) is 0 Å². The molecule has 0 aliphatic rings. The van der Waals surface area contributed by atoms with E-state index in [1.807, 2.05) is 26.0 Å². The Morgan fingerprint density at radius 1 is 1.24 bits per heavy atom. The van der Waals surface area contributed by atoms with Crippen molar-refractivity contribution < 1.29 is 19.1 Å². The van der Waals surface area contributed by atoms with Crippen molar-refractivity contribution >= 4 is 46.6 Å². The van der Waals surface area contributed by atoms with Gasteiger partial charge in [0, 0.05) is 37.0 Å². The third-order valence-electron chi connectivity index (χ3n) is 4.31. The van der Waals surface area contributed by atoms with Gasteiger partial charge in [-0.05, 0) is 43.7 Å². The molecule has 1 aromatic carbocycles. The summed E-state index contributed by atoms with van der Waals surface area (Å²) in [7, 11) is 0. The molecule has 2 aromatic heterocycles. The number of amides is 2. The summed E-state index contributed by atoms with van der Waals surface area (Å²) in [5, 5.41) is 6.32. The van der Waals surface area contributed by atoms with E-state index in [1.165, 1.54) is 30.5 Å². The molecule has 0 bridgehead atoms. The number of benzene rings is 1. The Morgan fingerprint density at radius 3 is 2.79 bits per heavy atom. The first-order valence-corrected chi connectivity index (χ1v) is 11.8. The SMILES string of the molecule is CCCOc1ccc(Oc2ncc(/C=C/[C@H](C)NC(=O)c3ccnc(NC(C)=O)c3)s2)c(Cl)c1. The van der Waals surface area contributed by atoms with Crippen LogP contribution in [-0.4, -0.2) is 34.4 Å². The molecular formula is C24H25ClN4O4S. The third kappa shape index (κ3) is 7.57. The maximum atomic E-state index is 12.5. The normalized spacial score (nSPS) is 11.8. The first kappa shape index (κ1) is 25.2. The van der Waals surface area contributed by atoms with Gasteiger partial charge in [-0.15, -0.1) is 0 Å². The van der Waals surface area contributed by atoms with Gasteiger partial charge in [0.25, 0.3) is 11.1 Å². The summed E-state index contributed by atoms with van der Waals surface area (Å²) in [5.74, 6) is 0.974. The molecule has 2 heterocycles. The quantitative estimate of drug-likeness (QED) is 0.377. The minimum absolute atomic E-state index is 0.249. The number of pyridine rings is 1. The number of carbonyl (C=O) groups is 2. The summed E-state index contributed by atoms with van der Waals surface area (Å²) in [6.07, 6.45) is 7.76. The number of nitrogens with one attached hydrogen (secondary N) is 2. The number of aromatic nitrogens is 2. The standard InChI is InChI=1S/C24H25ClN4O4S/c1-4-11-32-18-6-8-21(20(25)13-18)33-24-27-14-19(34-24)7-5-15(2)28-23(31)17-9-10-26-22(12-17)29-16(3)30/h5-10,12-15H,4,11H2,1-3H3,(H,28,31)(H,26,29,30)/b7-5+/t15-/m0/s1. The van der Waals surface area contributed by atoms with Crippen LogP contribution in [0.2, 0.25) is 5.02 Å². The van der Waals surface area contributed by atoms with Gasteiger partial charge < -0.3 is 20.1 Å². The Morgan fingerprint density at radius 2 is 2.06 bits per heavy atom. The molecule has 178 valence electrons. The van der Waals surface area contributed by atoms with E-state index in [9.17, 15) is 9.59 Å². The lowest BCUT2D eigenvalue weighted by Gasteiger charge is -2.10. The number of thiazole rings is 1. The number of nitrogens with zero attached hydrogens (tertiary/aromatic N) is 2. The van der Waals surface area contributed by atoms with Gasteiger partial charge in [0.2, 0.25) is 5.91 Å². The molecule has 0 fully saturated rings. The Balaban J connectivity index is 1.56. The monoisotopic (exact) mass is 500 g/mol. The van der Waals surface area contributed by atoms with Gasteiger partial charge in [0.1, 0.15) is 17.3 Å². The van der Waals surface area contributed by atoms with Gasteiger partial charge in [-0.3, -0.25) is 9.59 Å². The Kier molecular flexibility index (Phi) is 9.00. The highest BCUT2D eigenvalue weighted by Gasteiger charge is 2.11. The summed E-state index contributed by atoms with van der Waals surface area (Å²) < 4.78 is 11.4. The van der Waals surface area contributed by atoms with Crippen LogP contribution < -0.4 is 20.1 Å². The first-order valence-electron chi connectivity index (χ1n) is 10.6. The fourth-order valence-electron chi connectivity index (χ4n) is 2.76. The largest absolute Gasteiger partial charge is 0.494 e. The van der Waals surface area contributed by atoms with E-state index in [4.69, 9.17) is 21.1 Å². The molecule has 0 spiro atoms. The number of hydrogen-bond acceptors (Lipinski definition) is 7. The molecule has 2 amide bonds. The molecule has 0 aliphatic carbocycles. The van der Waals surface area contributed by atoms with E-state index < -0.39 is 0 Å². The van der Waals surface area contributed by atoms with Crippen molar-refractivity contribution in [1.29, 1.82) is 0 Å². The number of ether oxygens (including phenoxy) is 2. The molecule has 1 atom stereocenters. The number of halogens is 1. The van der Waals surface area contributed by atoms with E-state index in [0.29, 0.717) is 39.7 Å². The van der Waals surface area contributed by atoms with Crippen LogP contribution in [0.15, 0.2) is 48.8 Å². The molecule has 8 nitrogen and oxygen atoms in total.